The van der Waals surface area contributed by atoms with Gasteiger partial charge in [0.15, 0.2) is 0 Å². The van der Waals surface area contributed by atoms with Crippen LogP contribution in [0.5, 0.6) is 0 Å². The predicted octanol–water partition coefficient (Wildman–Crippen LogP) is 12.3. The van der Waals surface area contributed by atoms with Crippen LogP contribution in [-0.2, 0) is 0 Å². The zero-order chi connectivity index (χ0) is 24.3. The first kappa shape index (κ1) is 32.5. The Kier molecular flexibility index (Phi) is 25.8. The minimum Gasteiger partial charge on any atom is -0.171 e. The highest BCUT2D eigenvalue weighted by atomic mass is 19.4. The van der Waals surface area contributed by atoms with Gasteiger partial charge in [0.25, 0.3) is 0 Å². The van der Waals surface area contributed by atoms with Gasteiger partial charge in [-0.1, -0.05) is 154 Å². The maximum absolute atomic E-state index is 12.0. The van der Waals surface area contributed by atoms with Gasteiger partial charge in [-0.2, -0.15) is 13.2 Å². The highest BCUT2D eigenvalue weighted by molar-refractivity contribution is 4.65. The Hall–Kier alpha value is -0.470. The van der Waals surface area contributed by atoms with E-state index in [1.54, 1.807) is 0 Å². The van der Waals surface area contributed by atoms with E-state index < -0.39 is 12.6 Å². The summed E-state index contributed by atoms with van der Waals surface area (Å²) in [6.45, 7) is 3.78. The second-order valence-electron chi connectivity index (χ2n) is 10.3. The molecule has 0 aliphatic rings. The van der Waals surface area contributed by atoms with E-state index in [1.807, 2.05) is 6.08 Å². The van der Waals surface area contributed by atoms with Gasteiger partial charge in [0.1, 0.15) is 0 Å². The molecule has 0 atom stereocenters. The van der Waals surface area contributed by atoms with Crippen LogP contribution < -0.4 is 0 Å². The first-order valence-electron chi connectivity index (χ1n) is 14.7. The number of rotatable bonds is 27. The normalized spacial score (nSPS) is 11.8. The summed E-state index contributed by atoms with van der Waals surface area (Å²) < 4.78 is 36.1. The van der Waals surface area contributed by atoms with Gasteiger partial charge in [-0.05, 0) is 19.3 Å². The number of hydrogen-bond acceptors (Lipinski definition) is 0. The lowest BCUT2D eigenvalue weighted by Gasteiger charge is -2.06. The van der Waals surface area contributed by atoms with Crippen LogP contribution in [0, 0.1) is 0 Å². The summed E-state index contributed by atoms with van der Waals surface area (Å²) in [5, 5.41) is 0. The van der Waals surface area contributed by atoms with E-state index in [-0.39, 0.29) is 0 Å². The van der Waals surface area contributed by atoms with Crippen molar-refractivity contribution in [3.05, 3.63) is 12.7 Å². The molecule has 0 rings (SSSR count). The number of alkyl halides is 3. The molecule has 198 valence electrons. The molecule has 0 N–H and O–H groups in total. The maximum atomic E-state index is 12.0. The van der Waals surface area contributed by atoms with Gasteiger partial charge in [-0.3, -0.25) is 0 Å². The molecule has 33 heavy (non-hydrogen) atoms. The van der Waals surface area contributed by atoms with E-state index >= 15 is 0 Å². The van der Waals surface area contributed by atoms with Gasteiger partial charge in [0.2, 0.25) is 0 Å². The van der Waals surface area contributed by atoms with Gasteiger partial charge < -0.3 is 0 Å². The van der Waals surface area contributed by atoms with Crippen LogP contribution >= 0.6 is 0 Å². The fourth-order valence-corrected chi connectivity index (χ4v) is 4.68. The van der Waals surface area contributed by atoms with E-state index in [0.29, 0.717) is 6.42 Å². The third-order valence-electron chi connectivity index (χ3n) is 6.87. The molecule has 0 radical (unpaired) electrons. The number of hydrogen-bond donors (Lipinski definition) is 0. The summed E-state index contributed by atoms with van der Waals surface area (Å²) in [6.07, 6.45) is 30.8. The van der Waals surface area contributed by atoms with Gasteiger partial charge >= 0.3 is 6.18 Å². The van der Waals surface area contributed by atoms with Crippen molar-refractivity contribution < 1.29 is 13.2 Å². The maximum Gasteiger partial charge on any atom is 0.389 e. The third-order valence-corrected chi connectivity index (χ3v) is 6.87. The van der Waals surface area contributed by atoms with Gasteiger partial charge in [-0.25, -0.2) is 0 Å². The molecule has 0 amide bonds. The second kappa shape index (κ2) is 26.1. The molecule has 0 heterocycles. The minimum absolute atomic E-state index is 0.306. The topological polar surface area (TPSA) is 0 Å². The molecule has 0 aliphatic heterocycles. The highest BCUT2D eigenvalue weighted by Crippen LogP contribution is 2.23. The molecular weight excluding hydrogens is 417 g/mol. The van der Waals surface area contributed by atoms with Gasteiger partial charge in [-0.15, -0.1) is 6.58 Å². The number of allylic oxidation sites excluding steroid dienone is 1. The van der Waals surface area contributed by atoms with E-state index in [4.69, 9.17) is 0 Å². The predicted molar refractivity (Wildman–Crippen MR) is 141 cm³/mol. The molecule has 0 unspecified atom stereocenters. The summed E-state index contributed by atoms with van der Waals surface area (Å²) >= 11 is 0. The second-order valence-corrected chi connectivity index (χ2v) is 10.3. The average molecular weight is 475 g/mol. The lowest BCUT2D eigenvalue weighted by molar-refractivity contribution is -0.135. The fraction of sp³-hybridized carbons (Fsp3) is 0.933. The first-order valence-corrected chi connectivity index (χ1v) is 14.7. The quantitative estimate of drug-likeness (QED) is 0.0820. The third kappa shape index (κ3) is 31.5. The van der Waals surface area contributed by atoms with Gasteiger partial charge in [0, 0.05) is 6.42 Å². The van der Waals surface area contributed by atoms with Crippen LogP contribution in [0.1, 0.15) is 173 Å². The van der Waals surface area contributed by atoms with Crippen LogP contribution in [0.4, 0.5) is 13.2 Å². The van der Waals surface area contributed by atoms with Crippen molar-refractivity contribution in [2.75, 3.05) is 0 Å². The van der Waals surface area contributed by atoms with Crippen molar-refractivity contribution in [1.29, 1.82) is 0 Å². The van der Waals surface area contributed by atoms with Crippen LogP contribution in [0.2, 0.25) is 0 Å². The molecule has 0 saturated carbocycles. The monoisotopic (exact) mass is 474 g/mol. The SMILES string of the molecule is C=CCCCCCCCCCCCCCCCCCCCCCCCCCCCC(F)(F)F. The summed E-state index contributed by atoms with van der Waals surface area (Å²) in [5.74, 6) is 0. The molecule has 0 aromatic heterocycles. The van der Waals surface area contributed by atoms with Crippen molar-refractivity contribution >= 4 is 0 Å². The van der Waals surface area contributed by atoms with Crippen LogP contribution in [-0.4, -0.2) is 6.18 Å². The molecule has 3 heteroatoms. The molecular formula is C30H57F3. The Bertz CT molecular complexity index is 375. The van der Waals surface area contributed by atoms with Crippen molar-refractivity contribution in [1.82, 2.24) is 0 Å². The first-order chi connectivity index (χ1) is 16.1. The highest BCUT2D eigenvalue weighted by Gasteiger charge is 2.25. The summed E-state index contributed by atoms with van der Waals surface area (Å²) in [7, 11) is 0. The summed E-state index contributed by atoms with van der Waals surface area (Å²) in [4.78, 5) is 0. The Morgan fingerprint density at radius 2 is 0.576 bits per heavy atom. The number of halogens is 3. The summed E-state index contributed by atoms with van der Waals surface area (Å²) in [5.41, 5.74) is 0. The van der Waals surface area contributed by atoms with Crippen molar-refractivity contribution in [3.8, 4) is 0 Å². The van der Waals surface area contributed by atoms with E-state index in [0.717, 1.165) is 19.3 Å². The zero-order valence-electron chi connectivity index (χ0n) is 22.0. The van der Waals surface area contributed by atoms with Crippen LogP contribution in [0.3, 0.4) is 0 Å². The van der Waals surface area contributed by atoms with Crippen molar-refractivity contribution in [3.63, 3.8) is 0 Å². The lowest BCUT2D eigenvalue weighted by Crippen LogP contribution is -2.06. The minimum atomic E-state index is -3.97. The van der Waals surface area contributed by atoms with Crippen molar-refractivity contribution in [2.45, 2.75) is 180 Å². The largest absolute Gasteiger partial charge is 0.389 e. The molecule has 0 spiro atoms. The van der Waals surface area contributed by atoms with Crippen LogP contribution in [0.15, 0.2) is 12.7 Å². The molecule has 0 bridgehead atoms. The standard InChI is InChI=1S/C30H57F3/c1-2-3-4-5-6-7-8-9-10-11-12-13-14-15-16-17-18-19-20-21-22-23-24-25-26-27-28-29-30(31,32)33/h2H,1,3-29H2. The summed E-state index contributed by atoms with van der Waals surface area (Å²) in [6, 6.07) is 0. The Labute approximate surface area is 205 Å². The Balaban J connectivity index is 3.03. The molecule has 0 aliphatic carbocycles. The number of unbranched alkanes of at least 4 members (excludes halogenated alkanes) is 25. The average Bonchev–Trinajstić information content (AvgIpc) is 2.78. The lowest BCUT2D eigenvalue weighted by atomic mass is 10.0. The molecule has 0 nitrogen and oxygen atoms in total. The van der Waals surface area contributed by atoms with Crippen LogP contribution in [0.25, 0.3) is 0 Å². The van der Waals surface area contributed by atoms with E-state index in [9.17, 15) is 13.2 Å². The smallest absolute Gasteiger partial charge is 0.171 e. The Morgan fingerprint density at radius 3 is 0.788 bits per heavy atom. The molecule has 0 aromatic rings. The molecule has 0 aromatic carbocycles. The van der Waals surface area contributed by atoms with E-state index in [1.165, 1.54) is 141 Å². The van der Waals surface area contributed by atoms with Crippen molar-refractivity contribution in [2.24, 2.45) is 0 Å². The fourth-order valence-electron chi connectivity index (χ4n) is 4.68. The Morgan fingerprint density at radius 1 is 0.364 bits per heavy atom. The zero-order valence-corrected chi connectivity index (χ0v) is 22.0. The molecule has 0 saturated heterocycles. The van der Waals surface area contributed by atoms with Gasteiger partial charge in [0.05, 0.1) is 0 Å². The van der Waals surface area contributed by atoms with E-state index in [2.05, 4.69) is 6.58 Å². The molecule has 0 fully saturated rings.